The molecule has 1 unspecified atom stereocenters. The van der Waals surface area contributed by atoms with Crippen LogP contribution in [0.25, 0.3) is 0 Å². The SMILES string of the molecule is CNC(Cc1cnn(C)c1)c1ccc(Br)cc1C. The average Bonchev–Trinajstić information content (AvgIpc) is 2.72. The number of nitrogens with one attached hydrogen (secondary N) is 1. The van der Waals surface area contributed by atoms with Gasteiger partial charge in [0.25, 0.3) is 0 Å². The van der Waals surface area contributed by atoms with Crippen LogP contribution in [0.1, 0.15) is 22.7 Å². The molecule has 1 atom stereocenters. The predicted octanol–water partition coefficient (Wildman–Crippen LogP) is 2.99. The van der Waals surface area contributed by atoms with Gasteiger partial charge in [-0.3, -0.25) is 4.68 Å². The summed E-state index contributed by atoms with van der Waals surface area (Å²) >= 11 is 3.50. The zero-order chi connectivity index (χ0) is 13.1. The molecule has 0 aliphatic carbocycles. The molecule has 1 aromatic heterocycles. The van der Waals surface area contributed by atoms with E-state index < -0.39 is 0 Å². The normalized spacial score (nSPS) is 12.7. The van der Waals surface area contributed by atoms with Gasteiger partial charge in [0, 0.05) is 23.8 Å². The Kier molecular flexibility index (Phi) is 4.19. The van der Waals surface area contributed by atoms with E-state index in [0.717, 1.165) is 10.9 Å². The molecule has 0 saturated heterocycles. The summed E-state index contributed by atoms with van der Waals surface area (Å²) in [7, 11) is 3.95. The maximum absolute atomic E-state index is 4.22. The van der Waals surface area contributed by atoms with Crippen LogP contribution in [0.15, 0.2) is 35.1 Å². The van der Waals surface area contributed by atoms with Crippen LogP contribution in [0.4, 0.5) is 0 Å². The minimum Gasteiger partial charge on any atom is -0.313 e. The van der Waals surface area contributed by atoms with Crippen molar-refractivity contribution in [2.24, 2.45) is 7.05 Å². The minimum absolute atomic E-state index is 0.322. The minimum atomic E-state index is 0.322. The first-order valence-electron chi connectivity index (χ1n) is 6.01. The van der Waals surface area contributed by atoms with Gasteiger partial charge in [0.15, 0.2) is 0 Å². The van der Waals surface area contributed by atoms with Crippen LogP contribution in [0.2, 0.25) is 0 Å². The van der Waals surface area contributed by atoms with Crippen molar-refractivity contribution in [2.75, 3.05) is 7.05 Å². The highest BCUT2D eigenvalue weighted by atomic mass is 79.9. The van der Waals surface area contributed by atoms with E-state index in [0.29, 0.717) is 6.04 Å². The van der Waals surface area contributed by atoms with Crippen LogP contribution < -0.4 is 5.32 Å². The Morgan fingerprint density at radius 2 is 2.22 bits per heavy atom. The summed E-state index contributed by atoms with van der Waals surface area (Å²) in [5, 5.41) is 7.60. The lowest BCUT2D eigenvalue weighted by Gasteiger charge is -2.18. The van der Waals surface area contributed by atoms with Gasteiger partial charge in [0.2, 0.25) is 0 Å². The maximum Gasteiger partial charge on any atom is 0.0522 e. The molecule has 0 spiro atoms. The third-order valence-electron chi connectivity index (χ3n) is 3.15. The van der Waals surface area contributed by atoms with E-state index in [1.54, 1.807) is 0 Å². The lowest BCUT2D eigenvalue weighted by atomic mass is 9.97. The second-order valence-electron chi connectivity index (χ2n) is 4.57. The third-order valence-corrected chi connectivity index (χ3v) is 3.65. The van der Waals surface area contributed by atoms with Crippen LogP contribution in [0.3, 0.4) is 0 Å². The molecule has 0 aliphatic rings. The average molecular weight is 308 g/mol. The van der Waals surface area contributed by atoms with E-state index >= 15 is 0 Å². The molecule has 1 heterocycles. The molecule has 0 fully saturated rings. The molecule has 0 radical (unpaired) electrons. The van der Waals surface area contributed by atoms with E-state index in [4.69, 9.17) is 0 Å². The summed E-state index contributed by atoms with van der Waals surface area (Å²) in [4.78, 5) is 0. The number of hydrogen-bond acceptors (Lipinski definition) is 2. The Hall–Kier alpha value is -1.13. The van der Waals surface area contributed by atoms with Gasteiger partial charge in [-0.2, -0.15) is 5.10 Å². The quantitative estimate of drug-likeness (QED) is 0.941. The molecule has 0 saturated carbocycles. The van der Waals surface area contributed by atoms with Crippen molar-refractivity contribution >= 4 is 15.9 Å². The molecular formula is C14H18BrN3. The zero-order valence-electron chi connectivity index (χ0n) is 10.9. The van der Waals surface area contributed by atoms with Crippen molar-refractivity contribution in [1.82, 2.24) is 15.1 Å². The van der Waals surface area contributed by atoms with Crippen molar-refractivity contribution in [3.05, 3.63) is 51.8 Å². The number of benzene rings is 1. The van der Waals surface area contributed by atoms with E-state index in [9.17, 15) is 0 Å². The van der Waals surface area contributed by atoms with Crippen molar-refractivity contribution in [2.45, 2.75) is 19.4 Å². The molecule has 0 amide bonds. The monoisotopic (exact) mass is 307 g/mol. The van der Waals surface area contributed by atoms with Gasteiger partial charge in [-0.1, -0.05) is 22.0 Å². The topological polar surface area (TPSA) is 29.9 Å². The van der Waals surface area contributed by atoms with Gasteiger partial charge < -0.3 is 5.32 Å². The van der Waals surface area contributed by atoms with E-state index in [1.807, 2.05) is 25.0 Å². The van der Waals surface area contributed by atoms with E-state index in [2.05, 4.69) is 57.7 Å². The number of nitrogens with zero attached hydrogens (tertiary/aromatic N) is 2. The lowest BCUT2D eigenvalue weighted by Crippen LogP contribution is -2.19. The Balaban J connectivity index is 2.22. The van der Waals surface area contributed by atoms with Gasteiger partial charge in [-0.05, 0) is 49.2 Å². The van der Waals surface area contributed by atoms with Gasteiger partial charge in [0.1, 0.15) is 0 Å². The number of rotatable bonds is 4. The molecule has 3 nitrogen and oxygen atoms in total. The molecule has 4 heteroatoms. The van der Waals surface area contributed by atoms with Gasteiger partial charge >= 0.3 is 0 Å². The van der Waals surface area contributed by atoms with Crippen molar-refractivity contribution in [3.8, 4) is 0 Å². The fourth-order valence-corrected chi connectivity index (χ4v) is 2.69. The summed E-state index contributed by atoms with van der Waals surface area (Å²) in [5.41, 5.74) is 3.89. The molecule has 0 aliphatic heterocycles. The second kappa shape index (κ2) is 5.67. The number of aryl methyl sites for hydroxylation is 2. The Labute approximate surface area is 116 Å². The van der Waals surface area contributed by atoms with Crippen LogP contribution >= 0.6 is 15.9 Å². The highest BCUT2D eigenvalue weighted by molar-refractivity contribution is 9.10. The molecule has 1 N–H and O–H groups in total. The summed E-state index contributed by atoms with van der Waals surface area (Å²) in [5.74, 6) is 0. The number of halogens is 1. The first-order valence-corrected chi connectivity index (χ1v) is 6.80. The van der Waals surface area contributed by atoms with Gasteiger partial charge in [0.05, 0.1) is 6.20 Å². The highest BCUT2D eigenvalue weighted by Crippen LogP contribution is 2.24. The molecule has 0 bridgehead atoms. The van der Waals surface area contributed by atoms with Crippen LogP contribution in [-0.4, -0.2) is 16.8 Å². The molecule has 96 valence electrons. The van der Waals surface area contributed by atoms with Gasteiger partial charge in [-0.25, -0.2) is 0 Å². The van der Waals surface area contributed by atoms with E-state index in [1.165, 1.54) is 16.7 Å². The Morgan fingerprint density at radius 1 is 1.44 bits per heavy atom. The third kappa shape index (κ3) is 3.00. The predicted molar refractivity (Wildman–Crippen MR) is 77.6 cm³/mol. The van der Waals surface area contributed by atoms with Crippen LogP contribution in [-0.2, 0) is 13.5 Å². The Bertz CT molecular complexity index is 534. The molecule has 18 heavy (non-hydrogen) atoms. The first-order chi connectivity index (χ1) is 8.60. The van der Waals surface area contributed by atoms with Crippen LogP contribution in [0, 0.1) is 6.92 Å². The molecule has 2 aromatic rings. The van der Waals surface area contributed by atoms with Crippen molar-refractivity contribution in [1.29, 1.82) is 0 Å². The smallest absolute Gasteiger partial charge is 0.0522 e. The number of aromatic nitrogens is 2. The fourth-order valence-electron chi connectivity index (χ4n) is 2.21. The van der Waals surface area contributed by atoms with Crippen molar-refractivity contribution in [3.63, 3.8) is 0 Å². The standard InChI is InChI=1S/C14H18BrN3/c1-10-6-12(15)4-5-13(10)14(16-2)7-11-8-17-18(3)9-11/h4-6,8-9,14,16H,7H2,1-3H3. The second-order valence-corrected chi connectivity index (χ2v) is 5.48. The van der Waals surface area contributed by atoms with Crippen molar-refractivity contribution < 1.29 is 0 Å². The van der Waals surface area contributed by atoms with Crippen LogP contribution in [0.5, 0.6) is 0 Å². The number of hydrogen-bond donors (Lipinski definition) is 1. The Morgan fingerprint density at radius 3 is 2.78 bits per heavy atom. The maximum atomic E-state index is 4.22. The zero-order valence-corrected chi connectivity index (χ0v) is 12.5. The number of likely N-dealkylation sites (N-methyl/N-ethyl adjacent to an activating group) is 1. The largest absolute Gasteiger partial charge is 0.313 e. The lowest BCUT2D eigenvalue weighted by molar-refractivity contribution is 0.588. The summed E-state index contributed by atoms with van der Waals surface area (Å²) < 4.78 is 2.97. The summed E-state index contributed by atoms with van der Waals surface area (Å²) in [6.45, 7) is 2.15. The molecule has 1 aromatic carbocycles. The highest BCUT2D eigenvalue weighted by Gasteiger charge is 2.13. The summed E-state index contributed by atoms with van der Waals surface area (Å²) in [6, 6.07) is 6.75. The van der Waals surface area contributed by atoms with Gasteiger partial charge in [-0.15, -0.1) is 0 Å². The first kappa shape index (κ1) is 13.3. The molecular weight excluding hydrogens is 290 g/mol. The molecule has 2 rings (SSSR count). The summed E-state index contributed by atoms with van der Waals surface area (Å²) in [6.07, 6.45) is 4.95. The van der Waals surface area contributed by atoms with E-state index in [-0.39, 0.29) is 0 Å². The fraction of sp³-hybridized carbons (Fsp3) is 0.357.